The van der Waals surface area contributed by atoms with Crippen LogP contribution in [0.2, 0.25) is 5.02 Å². The van der Waals surface area contributed by atoms with Gasteiger partial charge < -0.3 is 14.2 Å². The number of benzene rings is 1. The summed E-state index contributed by atoms with van der Waals surface area (Å²) in [5.74, 6) is -2.26. The number of carbonyl (C=O) groups excluding carboxylic acids is 2. The van der Waals surface area contributed by atoms with Crippen molar-refractivity contribution >= 4 is 29.3 Å². The average molecular weight is 406 g/mol. The number of allylic oxidation sites excluding steroid dienone is 1. The van der Waals surface area contributed by atoms with Gasteiger partial charge in [0.1, 0.15) is 12.5 Å². The van der Waals surface area contributed by atoms with Crippen LogP contribution in [0.5, 0.6) is 0 Å². The molecule has 150 valence electrons. The summed E-state index contributed by atoms with van der Waals surface area (Å²) in [5, 5.41) is 0.519. The summed E-state index contributed by atoms with van der Waals surface area (Å²) in [5.41, 5.74) is 2.20. The summed E-state index contributed by atoms with van der Waals surface area (Å²) < 4.78 is 16.1. The molecule has 2 heterocycles. The molecule has 0 N–H and O–H groups in total. The van der Waals surface area contributed by atoms with E-state index in [0.29, 0.717) is 28.6 Å². The van der Waals surface area contributed by atoms with E-state index >= 15 is 0 Å². The first kappa shape index (κ1) is 20.6. The second kappa shape index (κ2) is 8.88. The molecule has 1 fully saturated rings. The predicted octanol–water partition coefficient (Wildman–Crippen LogP) is 3.68. The summed E-state index contributed by atoms with van der Waals surface area (Å²) in [6.45, 7) is 4.38. The maximum absolute atomic E-state index is 13.0. The van der Waals surface area contributed by atoms with Gasteiger partial charge in [-0.2, -0.15) is 0 Å². The van der Waals surface area contributed by atoms with Crippen LogP contribution < -0.4 is 0 Å². The topological polar surface area (TPSA) is 74.2 Å². The Morgan fingerprint density at radius 3 is 2.75 bits per heavy atom. The first-order valence-electron chi connectivity index (χ1n) is 9.30. The molecule has 1 saturated heterocycles. The van der Waals surface area contributed by atoms with E-state index in [4.69, 9.17) is 25.8 Å². The quantitative estimate of drug-likeness (QED) is 0.698. The van der Waals surface area contributed by atoms with Gasteiger partial charge in [0.05, 0.1) is 18.8 Å². The highest BCUT2D eigenvalue weighted by Gasteiger charge is 2.42. The van der Waals surface area contributed by atoms with E-state index in [1.54, 1.807) is 32.0 Å². The summed E-state index contributed by atoms with van der Waals surface area (Å²) >= 11 is 6.18. The number of rotatable bonds is 5. The fourth-order valence-electron chi connectivity index (χ4n) is 3.82. The standard InChI is InChI=1S/C21H24ClNO5/c1-12-17(20(24)26-3)19(14-6-4-7-15(22)10-14)18(13(2)23-12)21(25)28-11-16-8-5-9-27-16/h4,6-7,10,16-17,19H,5,8-9,11H2,1-3H3. The molecule has 0 amide bonds. The first-order valence-corrected chi connectivity index (χ1v) is 9.68. The number of ether oxygens (including phenoxy) is 3. The van der Waals surface area contributed by atoms with E-state index in [9.17, 15) is 9.59 Å². The van der Waals surface area contributed by atoms with Gasteiger partial charge in [0.2, 0.25) is 0 Å². The third-order valence-electron chi connectivity index (χ3n) is 5.14. The number of hydrogen-bond acceptors (Lipinski definition) is 6. The number of methoxy groups -OCH3 is 1. The highest BCUT2D eigenvalue weighted by atomic mass is 35.5. The molecule has 0 saturated carbocycles. The lowest BCUT2D eigenvalue weighted by Crippen LogP contribution is -2.36. The van der Waals surface area contributed by atoms with Crippen molar-refractivity contribution in [3.8, 4) is 0 Å². The van der Waals surface area contributed by atoms with Gasteiger partial charge in [-0.1, -0.05) is 23.7 Å². The summed E-state index contributed by atoms with van der Waals surface area (Å²) in [6, 6.07) is 7.12. The van der Waals surface area contributed by atoms with Crippen molar-refractivity contribution < 1.29 is 23.8 Å². The van der Waals surface area contributed by atoms with E-state index < -0.39 is 23.8 Å². The highest BCUT2D eigenvalue weighted by molar-refractivity contribution is 6.30. The van der Waals surface area contributed by atoms with E-state index in [-0.39, 0.29) is 12.7 Å². The Kier molecular flexibility index (Phi) is 6.52. The smallest absolute Gasteiger partial charge is 0.336 e. The van der Waals surface area contributed by atoms with Gasteiger partial charge in [0.25, 0.3) is 0 Å². The van der Waals surface area contributed by atoms with Crippen LogP contribution in [-0.4, -0.2) is 44.1 Å². The average Bonchev–Trinajstić information content (AvgIpc) is 3.18. The molecule has 3 atom stereocenters. The van der Waals surface area contributed by atoms with Crippen molar-refractivity contribution in [1.82, 2.24) is 0 Å². The molecule has 1 aromatic rings. The number of esters is 2. The lowest BCUT2D eigenvalue weighted by Gasteiger charge is -2.31. The first-order chi connectivity index (χ1) is 13.4. The Balaban J connectivity index is 1.98. The van der Waals surface area contributed by atoms with E-state index in [1.165, 1.54) is 7.11 Å². The minimum atomic E-state index is -0.725. The zero-order chi connectivity index (χ0) is 20.3. The fraction of sp³-hybridized carbons (Fsp3) is 0.476. The van der Waals surface area contributed by atoms with Gasteiger partial charge in [0.15, 0.2) is 0 Å². The molecule has 6 nitrogen and oxygen atoms in total. The molecule has 3 unspecified atom stereocenters. The fourth-order valence-corrected chi connectivity index (χ4v) is 4.02. The highest BCUT2D eigenvalue weighted by Crippen LogP contribution is 2.40. The van der Waals surface area contributed by atoms with Gasteiger partial charge in [0, 0.05) is 29.0 Å². The van der Waals surface area contributed by atoms with E-state index in [2.05, 4.69) is 4.99 Å². The molecule has 2 aliphatic rings. The van der Waals surface area contributed by atoms with Crippen LogP contribution in [0.25, 0.3) is 0 Å². The molecule has 0 aromatic heterocycles. The number of aliphatic imine (C=N–C) groups is 1. The predicted molar refractivity (Wildman–Crippen MR) is 105 cm³/mol. The zero-order valence-electron chi connectivity index (χ0n) is 16.2. The summed E-state index contributed by atoms with van der Waals surface area (Å²) in [4.78, 5) is 30.0. The van der Waals surface area contributed by atoms with Crippen molar-refractivity contribution in [2.24, 2.45) is 10.9 Å². The lowest BCUT2D eigenvalue weighted by atomic mass is 9.75. The largest absolute Gasteiger partial charge is 0.468 e. The Hall–Kier alpha value is -2.18. The van der Waals surface area contributed by atoms with Gasteiger partial charge in [-0.05, 0) is 44.4 Å². The Labute approximate surface area is 169 Å². The molecule has 0 aliphatic carbocycles. The third-order valence-corrected chi connectivity index (χ3v) is 5.37. The monoisotopic (exact) mass is 405 g/mol. The molecular formula is C21H24ClNO5. The van der Waals surface area contributed by atoms with Gasteiger partial charge in [-0.15, -0.1) is 0 Å². The second-order valence-electron chi connectivity index (χ2n) is 7.02. The van der Waals surface area contributed by atoms with E-state index in [0.717, 1.165) is 18.4 Å². The van der Waals surface area contributed by atoms with Gasteiger partial charge in [-0.25, -0.2) is 4.79 Å². The molecule has 0 spiro atoms. The molecule has 3 rings (SSSR count). The van der Waals surface area contributed by atoms with Gasteiger partial charge >= 0.3 is 11.9 Å². The van der Waals surface area contributed by atoms with Crippen LogP contribution in [0, 0.1) is 5.92 Å². The molecule has 0 bridgehead atoms. The second-order valence-corrected chi connectivity index (χ2v) is 7.46. The SMILES string of the molecule is COC(=O)C1C(C)=NC(C)=C(C(=O)OCC2CCCO2)C1c1cccc(Cl)c1. The van der Waals surface area contributed by atoms with Crippen LogP contribution in [0.15, 0.2) is 40.5 Å². The van der Waals surface area contributed by atoms with Crippen molar-refractivity contribution in [3.63, 3.8) is 0 Å². The Morgan fingerprint density at radius 1 is 1.32 bits per heavy atom. The van der Waals surface area contributed by atoms with Crippen molar-refractivity contribution in [2.75, 3.05) is 20.3 Å². The van der Waals surface area contributed by atoms with Crippen molar-refractivity contribution in [3.05, 3.63) is 46.1 Å². The van der Waals surface area contributed by atoms with Crippen molar-refractivity contribution in [2.45, 2.75) is 38.7 Å². The summed E-state index contributed by atoms with van der Waals surface area (Å²) in [7, 11) is 1.32. The van der Waals surface area contributed by atoms with Gasteiger partial charge in [-0.3, -0.25) is 9.79 Å². The minimum absolute atomic E-state index is 0.0836. The Bertz CT molecular complexity index is 826. The van der Waals surface area contributed by atoms with Crippen molar-refractivity contribution in [1.29, 1.82) is 0 Å². The Morgan fingerprint density at radius 2 is 2.11 bits per heavy atom. The van der Waals surface area contributed by atoms with Crippen LogP contribution in [-0.2, 0) is 23.8 Å². The normalized spacial score (nSPS) is 24.7. The maximum Gasteiger partial charge on any atom is 0.336 e. The van der Waals surface area contributed by atoms with Crippen LogP contribution in [0.4, 0.5) is 0 Å². The third kappa shape index (κ3) is 4.28. The molecule has 28 heavy (non-hydrogen) atoms. The zero-order valence-corrected chi connectivity index (χ0v) is 17.0. The molecular weight excluding hydrogens is 382 g/mol. The van der Waals surface area contributed by atoms with Crippen LogP contribution in [0.3, 0.4) is 0 Å². The molecule has 1 aromatic carbocycles. The number of nitrogens with zero attached hydrogens (tertiary/aromatic N) is 1. The van der Waals surface area contributed by atoms with E-state index in [1.807, 2.05) is 6.07 Å². The molecule has 0 radical (unpaired) electrons. The lowest BCUT2D eigenvalue weighted by molar-refractivity contribution is -0.144. The number of hydrogen-bond donors (Lipinski definition) is 0. The molecule has 7 heteroatoms. The van der Waals surface area contributed by atoms with Crippen LogP contribution >= 0.6 is 11.6 Å². The molecule has 2 aliphatic heterocycles. The number of carbonyl (C=O) groups is 2. The minimum Gasteiger partial charge on any atom is -0.468 e. The maximum atomic E-state index is 13.0. The van der Waals surface area contributed by atoms with Crippen LogP contribution in [0.1, 0.15) is 38.2 Å². The summed E-state index contributed by atoms with van der Waals surface area (Å²) in [6.07, 6.45) is 1.74. The number of halogens is 1.